The lowest BCUT2D eigenvalue weighted by Crippen LogP contribution is -2.58. The third kappa shape index (κ3) is 11.8. The standard InChI is InChI=1S/C20H34N4O9S/c1-4-10(2)16(20(32)33)24-19(31)13(9-15(27)28)23-18(30)12(7-8-34-3)22-17(29)11(21)5-6-14(25)26/h10-13,16H,4-9,21H2,1-3H3,(H,22,29)(H,23,30)(H,24,31)(H,25,26)(H,27,28)(H,32,33). The number of carbonyl (C=O) groups excluding carboxylic acids is 3. The van der Waals surface area contributed by atoms with Crippen LogP contribution in [-0.2, 0) is 28.8 Å². The molecule has 0 aromatic heterocycles. The van der Waals surface area contributed by atoms with Crippen LogP contribution in [0.2, 0.25) is 0 Å². The maximum atomic E-state index is 12.8. The molecule has 5 atom stereocenters. The zero-order valence-electron chi connectivity index (χ0n) is 19.4. The van der Waals surface area contributed by atoms with Crippen LogP contribution >= 0.6 is 11.8 Å². The first-order valence-electron chi connectivity index (χ1n) is 10.7. The van der Waals surface area contributed by atoms with Crippen LogP contribution in [0.5, 0.6) is 0 Å². The van der Waals surface area contributed by atoms with Crippen molar-refractivity contribution in [2.24, 2.45) is 11.7 Å². The smallest absolute Gasteiger partial charge is 0.326 e. The van der Waals surface area contributed by atoms with Crippen molar-refractivity contribution >= 4 is 47.4 Å². The predicted octanol–water partition coefficient (Wildman–Crippen LogP) is -1.01. The molecule has 14 heteroatoms. The molecule has 0 aliphatic rings. The summed E-state index contributed by atoms with van der Waals surface area (Å²) in [6, 6.07) is -5.24. The van der Waals surface area contributed by atoms with E-state index in [4.69, 9.17) is 15.9 Å². The SMILES string of the molecule is CCC(C)C(NC(=O)C(CC(=O)O)NC(=O)C(CCSC)NC(=O)C(N)CCC(=O)O)C(=O)O. The number of carbonyl (C=O) groups is 6. The fraction of sp³-hybridized carbons (Fsp3) is 0.700. The second-order valence-corrected chi connectivity index (χ2v) is 8.74. The molecule has 34 heavy (non-hydrogen) atoms. The molecule has 0 saturated heterocycles. The summed E-state index contributed by atoms with van der Waals surface area (Å²) in [5.41, 5.74) is 5.67. The summed E-state index contributed by atoms with van der Waals surface area (Å²) in [5.74, 6) is -6.50. The van der Waals surface area contributed by atoms with Crippen molar-refractivity contribution in [2.75, 3.05) is 12.0 Å². The highest BCUT2D eigenvalue weighted by Crippen LogP contribution is 2.09. The number of carboxylic acids is 3. The lowest BCUT2D eigenvalue weighted by Gasteiger charge is -2.26. The highest BCUT2D eigenvalue weighted by atomic mass is 32.2. The number of aliphatic carboxylic acids is 3. The Kier molecular flexibility index (Phi) is 14.5. The predicted molar refractivity (Wildman–Crippen MR) is 123 cm³/mol. The van der Waals surface area contributed by atoms with Gasteiger partial charge >= 0.3 is 17.9 Å². The van der Waals surface area contributed by atoms with Crippen molar-refractivity contribution in [3.63, 3.8) is 0 Å². The van der Waals surface area contributed by atoms with E-state index in [-0.39, 0.29) is 19.3 Å². The van der Waals surface area contributed by atoms with Gasteiger partial charge in [-0.3, -0.25) is 24.0 Å². The van der Waals surface area contributed by atoms with E-state index in [1.165, 1.54) is 11.8 Å². The van der Waals surface area contributed by atoms with Gasteiger partial charge in [-0.25, -0.2) is 4.79 Å². The van der Waals surface area contributed by atoms with Gasteiger partial charge < -0.3 is 37.0 Å². The minimum absolute atomic E-state index is 0.121. The van der Waals surface area contributed by atoms with Gasteiger partial charge in [-0.2, -0.15) is 11.8 Å². The van der Waals surface area contributed by atoms with Crippen LogP contribution in [-0.4, -0.2) is 87.1 Å². The van der Waals surface area contributed by atoms with E-state index in [1.54, 1.807) is 20.1 Å². The first-order valence-corrected chi connectivity index (χ1v) is 12.0. The van der Waals surface area contributed by atoms with E-state index in [0.29, 0.717) is 12.2 Å². The number of hydrogen-bond donors (Lipinski definition) is 7. The van der Waals surface area contributed by atoms with Crippen molar-refractivity contribution in [2.45, 2.75) is 70.1 Å². The van der Waals surface area contributed by atoms with Gasteiger partial charge in [-0.15, -0.1) is 0 Å². The first-order chi connectivity index (χ1) is 15.8. The molecule has 13 nitrogen and oxygen atoms in total. The van der Waals surface area contributed by atoms with Gasteiger partial charge in [0.2, 0.25) is 17.7 Å². The average Bonchev–Trinajstić information content (AvgIpc) is 2.76. The molecule has 0 aromatic rings. The van der Waals surface area contributed by atoms with Crippen molar-refractivity contribution in [1.82, 2.24) is 16.0 Å². The first kappa shape index (κ1) is 31.1. The van der Waals surface area contributed by atoms with Crippen molar-refractivity contribution in [3.8, 4) is 0 Å². The van der Waals surface area contributed by atoms with Gasteiger partial charge in [-0.1, -0.05) is 20.3 Å². The molecule has 0 fully saturated rings. The van der Waals surface area contributed by atoms with Crippen LogP contribution in [0.15, 0.2) is 0 Å². The van der Waals surface area contributed by atoms with E-state index < -0.39 is 72.1 Å². The second kappa shape index (κ2) is 15.9. The van der Waals surface area contributed by atoms with Gasteiger partial charge in [0.15, 0.2) is 0 Å². The molecule has 0 aliphatic carbocycles. The molecule has 3 amide bonds. The maximum absolute atomic E-state index is 12.8. The highest BCUT2D eigenvalue weighted by molar-refractivity contribution is 7.98. The zero-order chi connectivity index (χ0) is 26.4. The summed E-state index contributed by atoms with van der Waals surface area (Å²) in [6.07, 6.45) is 0.990. The van der Waals surface area contributed by atoms with Crippen LogP contribution in [0.1, 0.15) is 46.0 Å². The molecule has 0 spiro atoms. The maximum Gasteiger partial charge on any atom is 0.326 e. The lowest BCUT2D eigenvalue weighted by atomic mass is 9.98. The van der Waals surface area contributed by atoms with Crippen LogP contribution in [0, 0.1) is 5.92 Å². The molecule has 8 N–H and O–H groups in total. The Bertz CT molecular complexity index is 750. The van der Waals surface area contributed by atoms with E-state index in [9.17, 15) is 33.9 Å². The fourth-order valence-electron chi connectivity index (χ4n) is 2.79. The van der Waals surface area contributed by atoms with E-state index in [1.807, 2.05) is 0 Å². The van der Waals surface area contributed by atoms with Gasteiger partial charge in [0, 0.05) is 6.42 Å². The summed E-state index contributed by atoms with van der Waals surface area (Å²) < 4.78 is 0. The van der Waals surface area contributed by atoms with Crippen molar-refractivity contribution < 1.29 is 44.1 Å². The number of carboxylic acid groups (broad SMARTS) is 3. The normalized spacial score (nSPS) is 15.2. The van der Waals surface area contributed by atoms with Gasteiger partial charge in [0.25, 0.3) is 0 Å². The Hall–Kier alpha value is -2.87. The Morgan fingerprint density at radius 1 is 0.853 bits per heavy atom. The molecule has 0 heterocycles. The minimum atomic E-state index is -1.59. The number of rotatable bonds is 17. The summed E-state index contributed by atoms with van der Waals surface area (Å²) in [5, 5.41) is 34.2. The molecule has 0 aliphatic heterocycles. The van der Waals surface area contributed by atoms with Crippen LogP contribution in [0.4, 0.5) is 0 Å². The molecular formula is C20H34N4O9S. The summed E-state index contributed by atoms with van der Waals surface area (Å²) in [7, 11) is 0. The Labute approximate surface area is 201 Å². The largest absolute Gasteiger partial charge is 0.481 e. The third-order valence-electron chi connectivity index (χ3n) is 5.04. The van der Waals surface area contributed by atoms with Crippen LogP contribution in [0.25, 0.3) is 0 Å². The molecule has 0 bridgehead atoms. The Morgan fingerprint density at radius 2 is 1.41 bits per heavy atom. The van der Waals surface area contributed by atoms with Crippen molar-refractivity contribution in [3.05, 3.63) is 0 Å². The molecule has 0 rings (SSSR count). The fourth-order valence-corrected chi connectivity index (χ4v) is 3.26. The molecule has 5 unspecified atom stereocenters. The number of hydrogen-bond acceptors (Lipinski definition) is 8. The number of thioether (sulfide) groups is 1. The Balaban J connectivity index is 5.50. The monoisotopic (exact) mass is 506 g/mol. The lowest BCUT2D eigenvalue weighted by molar-refractivity contribution is -0.145. The molecule has 194 valence electrons. The second-order valence-electron chi connectivity index (χ2n) is 7.75. The van der Waals surface area contributed by atoms with E-state index in [0.717, 1.165) is 0 Å². The summed E-state index contributed by atoms with van der Waals surface area (Å²) in [4.78, 5) is 71.2. The summed E-state index contributed by atoms with van der Waals surface area (Å²) >= 11 is 1.37. The highest BCUT2D eigenvalue weighted by Gasteiger charge is 2.33. The van der Waals surface area contributed by atoms with Gasteiger partial charge in [-0.05, 0) is 30.8 Å². The van der Waals surface area contributed by atoms with Gasteiger partial charge in [0.05, 0.1) is 12.5 Å². The number of nitrogens with two attached hydrogens (primary N) is 1. The molecule has 0 radical (unpaired) electrons. The molecule has 0 aromatic carbocycles. The van der Waals surface area contributed by atoms with Crippen LogP contribution < -0.4 is 21.7 Å². The zero-order valence-corrected chi connectivity index (χ0v) is 20.2. The summed E-state index contributed by atoms with van der Waals surface area (Å²) in [6.45, 7) is 3.33. The van der Waals surface area contributed by atoms with E-state index >= 15 is 0 Å². The molecule has 0 saturated carbocycles. The quantitative estimate of drug-likeness (QED) is 0.126. The van der Waals surface area contributed by atoms with E-state index in [2.05, 4.69) is 16.0 Å². The molecular weight excluding hydrogens is 472 g/mol. The Morgan fingerprint density at radius 3 is 1.88 bits per heavy atom. The average molecular weight is 507 g/mol. The number of amides is 3. The third-order valence-corrected chi connectivity index (χ3v) is 5.68. The van der Waals surface area contributed by atoms with Crippen molar-refractivity contribution in [1.29, 1.82) is 0 Å². The van der Waals surface area contributed by atoms with Crippen LogP contribution in [0.3, 0.4) is 0 Å². The minimum Gasteiger partial charge on any atom is -0.481 e. The number of nitrogens with one attached hydrogen (secondary N) is 3. The topological polar surface area (TPSA) is 225 Å². The van der Waals surface area contributed by atoms with Gasteiger partial charge in [0.1, 0.15) is 18.1 Å².